The number of hydrogen-bond donors (Lipinski definition) is 3. The average molecular weight is 434 g/mol. The quantitative estimate of drug-likeness (QED) is 0.448. The molecule has 0 aliphatic carbocycles. The van der Waals surface area contributed by atoms with Crippen LogP contribution in [0.2, 0.25) is 0 Å². The Balaban J connectivity index is 0.00000392. The molecule has 1 aromatic carbocycles. The normalized spacial score (nSPS) is 14.6. The largest absolute Gasteiger partial charge is 0.333 e. The molecule has 0 spiro atoms. The molecule has 0 unspecified atom stereocenters. The lowest BCUT2D eigenvalue weighted by Gasteiger charge is -2.32. The van der Waals surface area contributed by atoms with E-state index in [1.54, 1.807) is 6.92 Å². The minimum absolute atomic E-state index is 0. The lowest BCUT2D eigenvalue weighted by atomic mass is 10.2. The van der Waals surface area contributed by atoms with Gasteiger partial charge in [0.15, 0.2) is 0 Å². The molecule has 0 radical (unpaired) electrons. The van der Waals surface area contributed by atoms with E-state index < -0.39 is 27.7 Å². The van der Waals surface area contributed by atoms with Gasteiger partial charge in [-0.25, -0.2) is 13.1 Å². The number of benzene rings is 1. The van der Waals surface area contributed by atoms with Gasteiger partial charge in [0, 0.05) is 38.4 Å². The highest BCUT2D eigenvalue weighted by Gasteiger charge is 2.32. The molecule has 3 amide bonds. The molecule has 1 aliphatic heterocycles. The minimum atomic E-state index is -3.73. The van der Waals surface area contributed by atoms with Crippen LogP contribution in [-0.2, 0) is 24.4 Å². The maximum absolute atomic E-state index is 12.2. The number of hydrogen-bond acceptors (Lipinski definition) is 6. The minimum Gasteiger partial charge on any atom is -0.333 e. The number of sulfonamides is 1. The summed E-state index contributed by atoms with van der Waals surface area (Å²) in [6.45, 7) is 2.82. The van der Waals surface area contributed by atoms with Gasteiger partial charge in [-0.3, -0.25) is 14.4 Å². The van der Waals surface area contributed by atoms with E-state index >= 15 is 0 Å². The molecule has 28 heavy (non-hydrogen) atoms. The first-order valence-corrected chi connectivity index (χ1v) is 9.94. The number of rotatable bonds is 8. The number of halogens is 1. The zero-order chi connectivity index (χ0) is 20.0. The van der Waals surface area contributed by atoms with Crippen LogP contribution >= 0.6 is 12.4 Å². The molecule has 1 aliphatic rings. The number of nitrogens with one attached hydrogen (secondary N) is 2. The Kier molecular flexibility index (Phi) is 8.82. The molecule has 4 N–H and O–H groups in total. The summed E-state index contributed by atoms with van der Waals surface area (Å²) in [5, 5.41) is 2.54. The van der Waals surface area contributed by atoms with Gasteiger partial charge in [0.1, 0.15) is 6.54 Å². The number of nitrogens with two attached hydrogens (primary N) is 1. The maximum Gasteiger partial charge on any atom is 0.312 e. The number of carbonyl (C=O) groups excluding carboxylic acids is 3. The summed E-state index contributed by atoms with van der Waals surface area (Å²) in [6, 6.07) is 5.71. The van der Waals surface area contributed by atoms with Crippen molar-refractivity contribution >= 4 is 45.8 Å². The van der Waals surface area contributed by atoms with Crippen molar-refractivity contribution in [3.63, 3.8) is 0 Å². The molecular formula is C16H24ClN5O5S. The first-order chi connectivity index (χ1) is 12.8. The van der Waals surface area contributed by atoms with E-state index in [9.17, 15) is 22.8 Å². The smallest absolute Gasteiger partial charge is 0.312 e. The van der Waals surface area contributed by atoms with Crippen molar-refractivity contribution < 1.29 is 22.8 Å². The van der Waals surface area contributed by atoms with Crippen LogP contribution in [0.1, 0.15) is 6.92 Å². The third kappa shape index (κ3) is 5.89. The van der Waals surface area contributed by atoms with E-state index in [0.717, 1.165) is 0 Å². The average Bonchev–Trinajstić information content (AvgIpc) is 2.64. The monoisotopic (exact) mass is 433 g/mol. The highest BCUT2D eigenvalue weighted by atomic mass is 35.5. The van der Waals surface area contributed by atoms with Crippen molar-refractivity contribution in [1.82, 2.24) is 14.5 Å². The molecule has 0 atom stereocenters. The lowest BCUT2D eigenvalue weighted by molar-refractivity contribution is -0.156. The molecule has 10 nitrogen and oxygen atoms in total. The van der Waals surface area contributed by atoms with Gasteiger partial charge < -0.3 is 20.9 Å². The third-order valence-corrected chi connectivity index (χ3v) is 5.44. The Morgan fingerprint density at radius 3 is 2.46 bits per heavy atom. The first kappa shape index (κ1) is 23.8. The second-order valence-corrected chi connectivity index (χ2v) is 7.64. The van der Waals surface area contributed by atoms with Gasteiger partial charge in [-0.1, -0.05) is 6.07 Å². The maximum atomic E-state index is 12.2. The summed E-state index contributed by atoms with van der Waals surface area (Å²) >= 11 is 0. The van der Waals surface area contributed by atoms with Gasteiger partial charge in [-0.15, -0.1) is 12.4 Å². The number of amides is 3. The van der Waals surface area contributed by atoms with Crippen LogP contribution in [0.25, 0.3) is 0 Å². The summed E-state index contributed by atoms with van der Waals surface area (Å²) in [5.41, 5.74) is 5.56. The van der Waals surface area contributed by atoms with Crippen LogP contribution in [-0.4, -0.2) is 75.2 Å². The summed E-state index contributed by atoms with van der Waals surface area (Å²) in [7, 11) is -3.73. The van der Waals surface area contributed by atoms with Crippen LogP contribution < -0.4 is 15.8 Å². The predicted molar refractivity (Wildman–Crippen MR) is 105 cm³/mol. The molecule has 1 aromatic rings. The molecule has 0 aromatic heterocycles. The Hall–Kier alpha value is -2.21. The van der Waals surface area contributed by atoms with Crippen molar-refractivity contribution in [3.8, 4) is 0 Å². The fourth-order valence-corrected chi connectivity index (χ4v) is 3.65. The number of nitrogens with zero attached hydrogens (tertiary/aromatic N) is 2. The molecule has 0 bridgehead atoms. The second kappa shape index (κ2) is 10.4. The summed E-state index contributed by atoms with van der Waals surface area (Å²) in [4.78, 5) is 38.7. The third-order valence-electron chi connectivity index (χ3n) is 3.98. The van der Waals surface area contributed by atoms with Crippen LogP contribution in [0.5, 0.6) is 0 Å². The molecule has 12 heteroatoms. The second-order valence-electron chi connectivity index (χ2n) is 5.87. The molecule has 1 saturated heterocycles. The molecule has 2 rings (SSSR count). The Morgan fingerprint density at radius 1 is 1.18 bits per heavy atom. The number of piperazine rings is 1. The summed E-state index contributed by atoms with van der Waals surface area (Å²) < 4.78 is 26.6. The van der Waals surface area contributed by atoms with Crippen LogP contribution in [0.4, 0.5) is 5.69 Å². The van der Waals surface area contributed by atoms with Crippen LogP contribution in [0.15, 0.2) is 29.2 Å². The fraction of sp³-hybridized carbons (Fsp3) is 0.438. The highest BCUT2D eigenvalue weighted by Crippen LogP contribution is 2.15. The van der Waals surface area contributed by atoms with Crippen LogP contribution in [0, 0.1) is 0 Å². The van der Waals surface area contributed by atoms with Gasteiger partial charge in [0.25, 0.3) is 0 Å². The van der Waals surface area contributed by atoms with E-state index in [0.29, 0.717) is 13.1 Å². The van der Waals surface area contributed by atoms with E-state index in [1.807, 2.05) is 0 Å². The van der Waals surface area contributed by atoms with Crippen molar-refractivity contribution in [2.75, 3.05) is 44.6 Å². The Bertz CT molecular complexity index is 832. The first-order valence-electron chi connectivity index (χ1n) is 8.46. The number of anilines is 1. The van der Waals surface area contributed by atoms with Gasteiger partial charge in [0.2, 0.25) is 15.9 Å². The van der Waals surface area contributed by atoms with Gasteiger partial charge in [-0.2, -0.15) is 0 Å². The van der Waals surface area contributed by atoms with E-state index in [4.69, 9.17) is 5.73 Å². The van der Waals surface area contributed by atoms with Crippen molar-refractivity contribution in [2.45, 2.75) is 11.8 Å². The number of carbonyl (C=O) groups is 3. The van der Waals surface area contributed by atoms with Gasteiger partial charge in [0.05, 0.1) is 4.90 Å². The zero-order valence-electron chi connectivity index (χ0n) is 15.4. The van der Waals surface area contributed by atoms with E-state index in [-0.39, 0.29) is 49.2 Å². The molecule has 0 saturated carbocycles. The number of likely N-dealkylation sites (N-methyl/N-ethyl adjacent to an activating group) is 1. The highest BCUT2D eigenvalue weighted by molar-refractivity contribution is 7.89. The SMILES string of the molecule is CCN1CCN(CC(=O)Nc2cccc(S(=O)(=O)NCCN)c2)C(=O)C1=O.Cl. The van der Waals surface area contributed by atoms with Gasteiger partial charge in [-0.05, 0) is 25.1 Å². The van der Waals surface area contributed by atoms with Crippen molar-refractivity contribution in [3.05, 3.63) is 24.3 Å². The van der Waals surface area contributed by atoms with Crippen molar-refractivity contribution in [2.24, 2.45) is 5.73 Å². The lowest BCUT2D eigenvalue weighted by Crippen LogP contribution is -2.55. The summed E-state index contributed by atoms with van der Waals surface area (Å²) in [5.74, 6) is -1.87. The zero-order valence-corrected chi connectivity index (χ0v) is 17.0. The summed E-state index contributed by atoms with van der Waals surface area (Å²) in [6.07, 6.45) is 0. The Morgan fingerprint density at radius 2 is 1.82 bits per heavy atom. The molecular weight excluding hydrogens is 410 g/mol. The van der Waals surface area contributed by atoms with Gasteiger partial charge >= 0.3 is 11.8 Å². The van der Waals surface area contributed by atoms with Crippen molar-refractivity contribution in [1.29, 1.82) is 0 Å². The molecule has 1 fully saturated rings. The van der Waals surface area contributed by atoms with Crippen LogP contribution in [0.3, 0.4) is 0 Å². The Labute approximate surface area is 169 Å². The molecule has 1 heterocycles. The van der Waals surface area contributed by atoms with E-state index in [1.165, 1.54) is 34.1 Å². The predicted octanol–water partition coefficient (Wildman–Crippen LogP) is -1.03. The topological polar surface area (TPSA) is 142 Å². The van der Waals surface area contributed by atoms with E-state index in [2.05, 4.69) is 10.0 Å². The standard InChI is InChI=1S/C16H23N5O5S.ClH/c1-2-20-8-9-21(16(24)15(20)23)11-14(22)19-12-4-3-5-13(10-12)27(25,26)18-7-6-17;/h3-5,10,18H,2,6-9,11,17H2,1H3,(H,19,22);1H. The fourth-order valence-electron chi connectivity index (χ4n) is 2.56. The molecule has 156 valence electrons.